The van der Waals surface area contributed by atoms with E-state index >= 15 is 0 Å². The largest absolute Gasteiger partial charge is 0.481 e. The topological polar surface area (TPSA) is 109 Å². The molecule has 0 spiro atoms. The first kappa shape index (κ1) is 11.5. The molecule has 0 aliphatic heterocycles. The van der Waals surface area contributed by atoms with Crippen molar-refractivity contribution >= 4 is 21.9 Å². The summed E-state index contributed by atoms with van der Waals surface area (Å²) in [4.78, 5) is 10.5. The van der Waals surface area contributed by atoms with Gasteiger partial charge in [0.2, 0.25) is 0 Å². The highest BCUT2D eigenvalue weighted by molar-refractivity contribution is 7.90. The summed E-state index contributed by atoms with van der Waals surface area (Å²) in [6, 6.07) is 6.16. The van der Waals surface area contributed by atoms with Gasteiger partial charge in [0, 0.05) is 0 Å². The zero-order chi connectivity index (χ0) is 11.5. The van der Waals surface area contributed by atoms with Crippen LogP contribution in [0.25, 0.3) is 0 Å². The average Bonchev–Trinajstić information content (AvgIpc) is 2.05. The standard InChI is InChI=1S/C8H10N2O4S/c9-15(13,14)10-7-4-2-1-3-6(7)5-8(11)12/h1-4,10H,5H2,(H,11,12)(H2,9,13,14). The van der Waals surface area contributed by atoms with E-state index in [1.54, 1.807) is 12.1 Å². The van der Waals surface area contributed by atoms with E-state index in [1.807, 2.05) is 4.72 Å². The third kappa shape index (κ3) is 3.96. The molecule has 6 nitrogen and oxygen atoms in total. The predicted molar refractivity (Wildman–Crippen MR) is 54.5 cm³/mol. The molecule has 0 amide bonds. The maximum Gasteiger partial charge on any atom is 0.307 e. The van der Waals surface area contributed by atoms with Crippen molar-refractivity contribution in [3.05, 3.63) is 29.8 Å². The molecule has 1 aromatic rings. The Balaban J connectivity index is 3.01. The minimum atomic E-state index is -3.88. The lowest BCUT2D eigenvalue weighted by atomic mass is 10.1. The number of benzene rings is 1. The number of hydrogen-bond donors (Lipinski definition) is 3. The molecule has 0 saturated carbocycles. The molecule has 0 radical (unpaired) electrons. The van der Waals surface area contributed by atoms with Gasteiger partial charge in [-0.2, -0.15) is 8.42 Å². The zero-order valence-corrected chi connectivity index (χ0v) is 8.49. The Labute approximate surface area is 86.9 Å². The summed E-state index contributed by atoms with van der Waals surface area (Å²) < 4.78 is 23.6. The highest BCUT2D eigenvalue weighted by atomic mass is 32.2. The summed E-state index contributed by atoms with van der Waals surface area (Å²) >= 11 is 0. The number of hydrogen-bond acceptors (Lipinski definition) is 3. The molecular formula is C8H10N2O4S. The second-order valence-electron chi connectivity index (χ2n) is 2.87. The molecule has 15 heavy (non-hydrogen) atoms. The van der Waals surface area contributed by atoms with Gasteiger partial charge in [-0.25, -0.2) is 5.14 Å². The van der Waals surface area contributed by atoms with Crippen LogP contribution >= 0.6 is 0 Å². The molecule has 0 atom stereocenters. The van der Waals surface area contributed by atoms with Crippen LogP contribution in [0.15, 0.2) is 24.3 Å². The summed E-state index contributed by atoms with van der Waals surface area (Å²) in [5.41, 5.74) is 0.543. The molecule has 7 heteroatoms. The Morgan fingerprint density at radius 1 is 1.40 bits per heavy atom. The smallest absolute Gasteiger partial charge is 0.307 e. The highest BCUT2D eigenvalue weighted by Crippen LogP contribution is 2.16. The van der Waals surface area contributed by atoms with Crippen LogP contribution < -0.4 is 9.86 Å². The molecule has 0 aromatic heterocycles. The molecule has 0 bridgehead atoms. The SMILES string of the molecule is NS(=O)(=O)Nc1ccccc1CC(=O)O. The fraction of sp³-hybridized carbons (Fsp3) is 0.125. The van der Waals surface area contributed by atoms with Crippen molar-refractivity contribution in [3.63, 3.8) is 0 Å². The Morgan fingerprint density at radius 3 is 2.53 bits per heavy atom. The summed E-state index contributed by atoms with van der Waals surface area (Å²) in [7, 11) is -3.88. The van der Waals surface area contributed by atoms with Gasteiger partial charge in [0.1, 0.15) is 0 Å². The van der Waals surface area contributed by atoms with E-state index in [9.17, 15) is 13.2 Å². The Bertz CT molecular complexity index is 469. The van der Waals surface area contributed by atoms with E-state index in [2.05, 4.69) is 0 Å². The summed E-state index contributed by atoms with van der Waals surface area (Å²) in [5, 5.41) is 13.4. The fourth-order valence-electron chi connectivity index (χ4n) is 1.09. The van der Waals surface area contributed by atoms with Crippen molar-refractivity contribution in [2.75, 3.05) is 4.72 Å². The minimum Gasteiger partial charge on any atom is -0.481 e. The third-order valence-corrected chi connectivity index (χ3v) is 2.12. The number of nitrogens with one attached hydrogen (secondary N) is 1. The van der Waals surface area contributed by atoms with Crippen molar-refractivity contribution in [2.24, 2.45) is 5.14 Å². The number of carboxylic acids is 1. The third-order valence-electron chi connectivity index (χ3n) is 1.61. The molecule has 82 valence electrons. The monoisotopic (exact) mass is 230 g/mol. The lowest BCUT2D eigenvalue weighted by Gasteiger charge is -2.07. The highest BCUT2D eigenvalue weighted by Gasteiger charge is 2.09. The summed E-state index contributed by atoms with van der Waals surface area (Å²) in [6.45, 7) is 0. The van der Waals surface area contributed by atoms with E-state index in [0.717, 1.165) is 0 Å². The number of aliphatic carboxylic acids is 1. The number of carboxylic acid groups (broad SMARTS) is 1. The summed E-state index contributed by atoms with van der Waals surface area (Å²) in [6.07, 6.45) is -0.265. The van der Waals surface area contributed by atoms with E-state index in [4.69, 9.17) is 10.2 Å². The first-order valence-electron chi connectivity index (χ1n) is 3.99. The number of para-hydroxylation sites is 1. The van der Waals surface area contributed by atoms with Crippen molar-refractivity contribution in [2.45, 2.75) is 6.42 Å². The van der Waals surface area contributed by atoms with E-state index < -0.39 is 16.2 Å². The van der Waals surface area contributed by atoms with Crippen molar-refractivity contribution < 1.29 is 18.3 Å². The van der Waals surface area contributed by atoms with Gasteiger partial charge in [-0.15, -0.1) is 0 Å². The zero-order valence-electron chi connectivity index (χ0n) is 7.67. The first-order chi connectivity index (χ1) is 6.88. The van der Waals surface area contributed by atoms with Gasteiger partial charge < -0.3 is 5.11 Å². The number of rotatable bonds is 4. The molecule has 1 aromatic carbocycles. The van der Waals surface area contributed by atoms with Crippen LogP contribution in [0.2, 0.25) is 0 Å². The van der Waals surface area contributed by atoms with Gasteiger partial charge in [-0.05, 0) is 11.6 Å². The van der Waals surface area contributed by atoms with Crippen molar-refractivity contribution in [1.29, 1.82) is 0 Å². The lowest BCUT2D eigenvalue weighted by Crippen LogP contribution is -2.22. The second kappa shape index (κ2) is 4.28. The van der Waals surface area contributed by atoms with E-state index in [-0.39, 0.29) is 12.1 Å². The average molecular weight is 230 g/mol. The van der Waals surface area contributed by atoms with E-state index in [1.165, 1.54) is 12.1 Å². The predicted octanol–water partition coefficient (Wildman–Crippen LogP) is -0.0709. The maximum atomic E-state index is 10.8. The molecule has 0 saturated heterocycles. The van der Waals surface area contributed by atoms with Crippen LogP contribution in [-0.2, 0) is 21.4 Å². The van der Waals surface area contributed by atoms with Gasteiger partial charge >= 0.3 is 5.97 Å². The Morgan fingerprint density at radius 2 is 2.00 bits per heavy atom. The van der Waals surface area contributed by atoms with Crippen LogP contribution in [-0.4, -0.2) is 19.5 Å². The van der Waals surface area contributed by atoms with Crippen LogP contribution in [0, 0.1) is 0 Å². The molecule has 4 N–H and O–H groups in total. The molecule has 1 rings (SSSR count). The molecular weight excluding hydrogens is 220 g/mol. The summed E-state index contributed by atoms with van der Waals surface area (Å²) in [5.74, 6) is -1.04. The van der Waals surface area contributed by atoms with Gasteiger partial charge in [0.25, 0.3) is 10.2 Å². The van der Waals surface area contributed by atoms with Crippen LogP contribution in [0.1, 0.15) is 5.56 Å². The molecule has 0 aliphatic carbocycles. The first-order valence-corrected chi connectivity index (χ1v) is 5.53. The van der Waals surface area contributed by atoms with Gasteiger partial charge in [-0.3, -0.25) is 9.52 Å². The molecule has 0 fully saturated rings. The lowest BCUT2D eigenvalue weighted by molar-refractivity contribution is -0.136. The second-order valence-corrected chi connectivity index (χ2v) is 4.17. The number of carbonyl (C=O) groups is 1. The minimum absolute atomic E-state index is 0.183. The quantitative estimate of drug-likeness (QED) is 0.672. The number of nitrogens with two attached hydrogens (primary N) is 1. The fourth-order valence-corrected chi connectivity index (χ4v) is 1.60. The molecule has 0 heterocycles. The van der Waals surface area contributed by atoms with Gasteiger partial charge in [-0.1, -0.05) is 18.2 Å². The maximum absolute atomic E-state index is 10.8. The molecule has 0 unspecified atom stereocenters. The van der Waals surface area contributed by atoms with Crippen LogP contribution in [0.5, 0.6) is 0 Å². The van der Waals surface area contributed by atoms with Crippen molar-refractivity contribution in [1.82, 2.24) is 0 Å². The number of anilines is 1. The van der Waals surface area contributed by atoms with Gasteiger partial charge in [0.05, 0.1) is 12.1 Å². The van der Waals surface area contributed by atoms with E-state index in [0.29, 0.717) is 5.56 Å². The molecule has 0 aliphatic rings. The Kier molecular flexibility index (Phi) is 3.28. The Hall–Kier alpha value is -1.60. The van der Waals surface area contributed by atoms with Crippen LogP contribution in [0.4, 0.5) is 5.69 Å². The van der Waals surface area contributed by atoms with Crippen molar-refractivity contribution in [3.8, 4) is 0 Å². The normalized spacial score (nSPS) is 11.0. The van der Waals surface area contributed by atoms with Crippen LogP contribution in [0.3, 0.4) is 0 Å². The van der Waals surface area contributed by atoms with Gasteiger partial charge in [0.15, 0.2) is 0 Å².